The number of imide groups is 1. The van der Waals surface area contributed by atoms with Crippen molar-refractivity contribution in [3.05, 3.63) is 75.5 Å². The van der Waals surface area contributed by atoms with Crippen LogP contribution in [0.15, 0.2) is 54.2 Å². The van der Waals surface area contributed by atoms with E-state index in [1.54, 1.807) is 13.8 Å². The van der Waals surface area contributed by atoms with E-state index in [1.165, 1.54) is 29.2 Å². The monoisotopic (exact) mass is 377 g/mol. The minimum absolute atomic E-state index is 0.0603. The Morgan fingerprint density at radius 2 is 1.68 bits per heavy atom. The Morgan fingerprint density at radius 3 is 2.32 bits per heavy atom. The lowest BCUT2D eigenvalue weighted by Crippen LogP contribution is -2.39. The lowest BCUT2D eigenvalue weighted by Gasteiger charge is -2.23. The number of nitro benzene ring substituents is 1. The summed E-state index contributed by atoms with van der Waals surface area (Å²) in [6.07, 6.45) is 0.788. The number of benzene rings is 2. The summed E-state index contributed by atoms with van der Waals surface area (Å²) in [5.74, 6) is -0.696. The van der Waals surface area contributed by atoms with Crippen LogP contribution in [0.4, 0.5) is 11.4 Å². The van der Waals surface area contributed by atoms with E-state index >= 15 is 0 Å². The van der Waals surface area contributed by atoms with Gasteiger partial charge in [0.2, 0.25) is 0 Å². The van der Waals surface area contributed by atoms with E-state index in [1.807, 2.05) is 29.2 Å². The highest BCUT2D eigenvalue weighted by Crippen LogP contribution is 2.39. The number of amides is 2. The van der Waals surface area contributed by atoms with Crippen LogP contribution in [-0.2, 0) is 16.0 Å². The molecule has 0 bridgehead atoms. The second kappa shape index (κ2) is 6.60. The molecule has 2 aromatic rings. The lowest BCUT2D eigenvalue weighted by atomic mass is 10.0. The van der Waals surface area contributed by atoms with Gasteiger partial charge in [-0.15, -0.1) is 0 Å². The van der Waals surface area contributed by atoms with Crippen LogP contribution in [0.1, 0.15) is 25.0 Å². The molecule has 0 fully saturated rings. The van der Waals surface area contributed by atoms with Crippen LogP contribution in [0.3, 0.4) is 0 Å². The third kappa shape index (κ3) is 2.67. The highest BCUT2D eigenvalue weighted by atomic mass is 16.6. The number of fused-ring (bicyclic) bond motifs is 1. The van der Waals surface area contributed by atoms with Gasteiger partial charge in [0.1, 0.15) is 5.70 Å². The first-order chi connectivity index (χ1) is 13.4. The Bertz CT molecular complexity index is 1020. The van der Waals surface area contributed by atoms with Crippen molar-refractivity contribution in [2.75, 3.05) is 11.4 Å². The van der Waals surface area contributed by atoms with Crippen molar-refractivity contribution >= 4 is 28.8 Å². The van der Waals surface area contributed by atoms with Gasteiger partial charge in [0.25, 0.3) is 17.5 Å². The van der Waals surface area contributed by atoms with Crippen LogP contribution >= 0.6 is 0 Å². The molecule has 0 N–H and O–H groups in total. The Kier molecular flexibility index (Phi) is 4.22. The van der Waals surface area contributed by atoms with E-state index in [0.717, 1.165) is 17.7 Å². The predicted molar refractivity (Wildman–Crippen MR) is 104 cm³/mol. The number of nitro groups is 1. The molecule has 2 aliphatic heterocycles. The van der Waals surface area contributed by atoms with Gasteiger partial charge in [-0.25, -0.2) is 0 Å². The Balaban J connectivity index is 1.88. The molecule has 142 valence electrons. The third-order valence-corrected chi connectivity index (χ3v) is 5.13. The maximum Gasteiger partial charge on any atom is 0.278 e. The molecule has 7 heteroatoms. The number of anilines is 1. The third-order valence-electron chi connectivity index (χ3n) is 5.13. The first-order valence-corrected chi connectivity index (χ1v) is 9.12. The zero-order valence-electron chi connectivity index (χ0n) is 15.6. The van der Waals surface area contributed by atoms with Gasteiger partial charge >= 0.3 is 0 Å². The Labute approximate surface area is 162 Å². The largest absolute Gasteiger partial charge is 0.336 e. The van der Waals surface area contributed by atoms with Gasteiger partial charge < -0.3 is 4.90 Å². The molecule has 4 rings (SSSR count). The molecule has 0 aliphatic carbocycles. The molecule has 0 radical (unpaired) electrons. The second-order valence-electron chi connectivity index (χ2n) is 7.13. The van der Waals surface area contributed by atoms with Gasteiger partial charge in [-0.1, -0.05) is 18.2 Å². The van der Waals surface area contributed by atoms with E-state index in [0.29, 0.717) is 23.4 Å². The average Bonchev–Trinajstić information content (AvgIpc) is 3.19. The molecule has 0 spiro atoms. The highest BCUT2D eigenvalue weighted by molar-refractivity contribution is 6.37. The van der Waals surface area contributed by atoms with Crippen LogP contribution < -0.4 is 4.90 Å². The number of para-hydroxylation sites is 1. The van der Waals surface area contributed by atoms with Crippen LogP contribution in [0.25, 0.3) is 5.57 Å². The summed E-state index contributed by atoms with van der Waals surface area (Å²) in [6.45, 7) is 4.20. The summed E-state index contributed by atoms with van der Waals surface area (Å²) in [5.41, 5.74) is 3.13. The molecule has 0 saturated carbocycles. The maximum atomic E-state index is 13.2. The number of hydrogen-bond acceptors (Lipinski definition) is 5. The Hall–Kier alpha value is -3.48. The SMILES string of the molecule is CC(C)N1C(=O)C(c2ccc([N+](=O)[O-])cc2)=C(N2CCc3ccccc32)C1=O. The molecule has 0 saturated heterocycles. The van der Waals surface area contributed by atoms with Gasteiger partial charge in [0, 0.05) is 30.4 Å². The molecule has 2 aromatic carbocycles. The fraction of sp³-hybridized carbons (Fsp3) is 0.238. The average molecular weight is 377 g/mol. The van der Waals surface area contributed by atoms with Crippen molar-refractivity contribution < 1.29 is 14.5 Å². The number of rotatable bonds is 4. The standard InChI is InChI=1S/C21H19N3O4/c1-13(2)23-20(25)18(15-7-9-16(10-8-15)24(27)28)19(21(23)26)22-12-11-14-5-3-4-6-17(14)22/h3-10,13H,11-12H2,1-2H3. The molecule has 2 heterocycles. The van der Waals surface area contributed by atoms with Crippen LogP contribution in [-0.4, -0.2) is 34.2 Å². The summed E-state index contributed by atoms with van der Waals surface area (Å²) >= 11 is 0. The molecule has 2 amide bonds. The number of nitrogens with zero attached hydrogens (tertiary/aromatic N) is 3. The number of non-ortho nitro benzene ring substituents is 1. The van der Waals surface area contributed by atoms with E-state index in [-0.39, 0.29) is 23.5 Å². The van der Waals surface area contributed by atoms with Gasteiger partial charge in [-0.2, -0.15) is 0 Å². The van der Waals surface area contributed by atoms with Crippen molar-refractivity contribution in [3.8, 4) is 0 Å². The van der Waals surface area contributed by atoms with Crippen LogP contribution in [0.2, 0.25) is 0 Å². The maximum absolute atomic E-state index is 13.2. The normalized spacial score (nSPS) is 16.4. The van der Waals surface area contributed by atoms with Crippen molar-refractivity contribution in [1.82, 2.24) is 4.90 Å². The number of hydrogen-bond donors (Lipinski definition) is 0. The van der Waals surface area contributed by atoms with Crippen LogP contribution in [0, 0.1) is 10.1 Å². The molecule has 0 atom stereocenters. The summed E-state index contributed by atoms with van der Waals surface area (Å²) in [7, 11) is 0. The van der Waals surface area contributed by atoms with Crippen molar-refractivity contribution in [2.45, 2.75) is 26.3 Å². The second-order valence-corrected chi connectivity index (χ2v) is 7.13. The van der Waals surface area contributed by atoms with Crippen LogP contribution in [0.5, 0.6) is 0 Å². The van der Waals surface area contributed by atoms with Gasteiger partial charge in [-0.05, 0) is 49.6 Å². The summed E-state index contributed by atoms with van der Waals surface area (Å²) in [6, 6.07) is 13.3. The minimum atomic E-state index is -0.488. The van der Waals surface area contributed by atoms with Gasteiger partial charge in [-0.3, -0.25) is 24.6 Å². The topological polar surface area (TPSA) is 83.8 Å². The number of carbonyl (C=O) groups is 2. The van der Waals surface area contributed by atoms with Crippen molar-refractivity contribution in [3.63, 3.8) is 0 Å². The van der Waals surface area contributed by atoms with Crippen molar-refractivity contribution in [2.24, 2.45) is 0 Å². The smallest absolute Gasteiger partial charge is 0.278 e. The first-order valence-electron chi connectivity index (χ1n) is 9.12. The summed E-state index contributed by atoms with van der Waals surface area (Å²) < 4.78 is 0. The summed E-state index contributed by atoms with van der Waals surface area (Å²) in [4.78, 5) is 40.0. The van der Waals surface area contributed by atoms with E-state index < -0.39 is 4.92 Å². The molecule has 7 nitrogen and oxygen atoms in total. The minimum Gasteiger partial charge on any atom is -0.336 e. The van der Waals surface area contributed by atoms with E-state index in [2.05, 4.69) is 0 Å². The molecule has 28 heavy (non-hydrogen) atoms. The highest BCUT2D eigenvalue weighted by Gasteiger charge is 2.44. The number of carbonyl (C=O) groups excluding carboxylic acids is 2. The molecule has 2 aliphatic rings. The lowest BCUT2D eigenvalue weighted by molar-refractivity contribution is -0.384. The molecular formula is C21H19N3O4. The fourth-order valence-electron chi connectivity index (χ4n) is 3.83. The molecule has 0 unspecified atom stereocenters. The summed E-state index contributed by atoms with van der Waals surface area (Å²) in [5, 5.41) is 11.0. The first kappa shape index (κ1) is 17.9. The molecule has 0 aromatic heterocycles. The fourth-order valence-corrected chi connectivity index (χ4v) is 3.83. The van der Waals surface area contributed by atoms with E-state index in [4.69, 9.17) is 0 Å². The zero-order valence-corrected chi connectivity index (χ0v) is 15.6. The molecular weight excluding hydrogens is 358 g/mol. The van der Waals surface area contributed by atoms with Gasteiger partial charge in [0.15, 0.2) is 0 Å². The quantitative estimate of drug-likeness (QED) is 0.464. The van der Waals surface area contributed by atoms with Crippen molar-refractivity contribution in [1.29, 1.82) is 0 Å². The Morgan fingerprint density at radius 1 is 1.00 bits per heavy atom. The van der Waals surface area contributed by atoms with Gasteiger partial charge in [0.05, 0.1) is 10.5 Å². The zero-order chi connectivity index (χ0) is 20.0. The predicted octanol–water partition coefficient (Wildman–Crippen LogP) is 3.15. The van der Waals surface area contributed by atoms with E-state index in [9.17, 15) is 19.7 Å².